The molecule has 124 valence electrons. The van der Waals surface area contributed by atoms with Crippen LogP contribution in [0.5, 0.6) is 0 Å². The van der Waals surface area contributed by atoms with E-state index in [1.807, 2.05) is 0 Å². The van der Waals surface area contributed by atoms with Gasteiger partial charge in [0.25, 0.3) is 0 Å². The van der Waals surface area contributed by atoms with Gasteiger partial charge in [-0.15, -0.1) is 0 Å². The molecule has 4 nitrogen and oxygen atoms in total. The first-order chi connectivity index (χ1) is 9.90. The Bertz CT molecular complexity index is 317. The van der Waals surface area contributed by atoms with Crippen LogP contribution >= 0.6 is 0 Å². The topological polar surface area (TPSA) is 47.7 Å². The van der Waals surface area contributed by atoms with Crippen molar-refractivity contribution in [2.45, 2.75) is 58.3 Å². The monoisotopic (exact) mass is 298 g/mol. The predicted molar refractivity (Wildman–Crippen MR) is 86.3 cm³/mol. The average Bonchev–Trinajstić information content (AvgIpc) is 2.88. The second-order valence-electron chi connectivity index (χ2n) is 7.94. The molecule has 1 saturated heterocycles. The Labute approximate surface area is 130 Å². The van der Waals surface area contributed by atoms with E-state index < -0.39 is 0 Å². The molecule has 2 fully saturated rings. The number of ether oxygens (including phenoxy) is 2. The van der Waals surface area contributed by atoms with E-state index in [1.54, 1.807) is 14.2 Å². The zero-order chi connectivity index (χ0) is 15.6. The summed E-state index contributed by atoms with van der Waals surface area (Å²) in [4.78, 5) is 2.58. The van der Waals surface area contributed by atoms with Crippen molar-refractivity contribution in [2.24, 2.45) is 23.0 Å². The van der Waals surface area contributed by atoms with Crippen molar-refractivity contribution in [1.29, 1.82) is 0 Å². The molecule has 1 aliphatic carbocycles. The van der Waals surface area contributed by atoms with Crippen LogP contribution in [-0.4, -0.2) is 57.0 Å². The summed E-state index contributed by atoms with van der Waals surface area (Å²) in [5.41, 5.74) is 6.45. The maximum Gasteiger partial charge on any atom is 0.0971 e. The minimum atomic E-state index is 0.198. The molecule has 2 aliphatic rings. The van der Waals surface area contributed by atoms with Gasteiger partial charge in [-0.25, -0.2) is 0 Å². The lowest BCUT2D eigenvalue weighted by Crippen LogP contribution is -2.48. The number of nitrogens with two attached hydrogens (primary N) is 1. The highest BCUT2D eigenvalue weighted by Crippen LogP contribution is 2.42. The molecule has 0 aromatic carbocycles. The van der Waals surface area contributed by atoms with Crippen molar-refractivity contribution in [2.75, 3.05) is 33.9 Å². The van der Waals surface area contributed by atoms with Crippen molar-refractivity contribution in [1.82, 2.24) is 4.90 Å². The summed E-state index contributed by atoms with van der Waals surface area (Å²) in [6, 6.07) is 0.589. The lowest BCUT2D eigenvalue weighted by atomic mass is 9.67. The first kappa shape index (κ1) is 17.2. The van der Waals surface area contributed by atoms with Gasteiger partial charge in [-0.1, -0.05) is 20.8 Å². The van der Waals surface area contributed by atoms with Crippen molar-refractivity contribution in [3.63, 3.8) is 0 Å². The van der Waals surface area contributed by atoms with Crippen LogP contribution in [0.15, 0.2) is 0 Å². The van der Waals surface area contributed by atoms with Crippen molar-refractivity contribution in [3.8, 4) is 0 Å². The molecule has 0 radical (unpaired) electrons. The summed E-state index contributed by atoms with van der Waals surface area (Å²) >= 11 is 0. The summed E-state index contributed by atoms with van der Waals surface area (Å²) in [5.74, 6) is 1.41. The molecule has 1 heterocycles. The van der Waals surface area contributed by atoms with Gasteiger partial charge in [0.1, 0.15) is 0 Å². The zero-order valence-corrected chi connectivity index (χ0v) is 14.5. The van der Waals surface area contributed by atoms with E-state index in [9.17, 15) is 0 Å². The highest BCUT2D eigenvalue weighted by molar-refractivity contribution is 4.96. The van der Waals surface area contributed by atoms with Crippen molar-refractivity contribution < 1.29 is 9.47 Å². The van der Waals surface area contributed by atoms with E-state index in [0.29, 0.717) is 17.4 Å². The molecule has 1 aliphatic heterocycles. The number of likely N-dealkylation sites (tertiary alicyclic amines) is 1. The van der Waals surface area contributed by atoms with Crippen molar-refractivity contribution >= 4 is 0 Å². The first-order valence-electron chi connectivity index (χ1n) is 8.40. The number of hydrogen-bond donors (Lipinski definition) is 1. The Morgan fingerprint density at radius 1 is 1.05 bits per heavy atom. The van der Waals surface area contributed by atoms with Gasteiger partial charge in [-0.05, 0) is 43.1 Å². The summed E-state index contributed by atoms with van der Waals surface area (Å²) in [6.45, 7) is 9.87. The second kappa shape index (κ2) is 6.95. The third kappa shape index (κ3) is 3.79. The lowest BCUT2D eigenvalue weighted by Gasteiger charge is -2.45. The van der Waals surface area contributed by atoms with Gasteiger partial charge < -0.3 is 15.2 Å². The number of nitrogens with zero attached hydrogens (tertiary/aromatic N) is 1. The SMILES string of the molecule is COC1CN(C2CC(C(C)(C)C)CCC2CN)CC1OC. The molecule has 21 heavy (non-hydrogen) atoms. The van der Waals surface area contributed by atoms with Crippen molar-refractivity contribution in [3.05, 3.63) is 0 Å². The van der Waals surface area contributed by atoms with E-state index in [1.165, 1.54) is 19.3 Å². The Hall–Kier alpha value is -0.160. The molecule has 5 unspecified atom stereocenters. The van der Waals surface area contributed by atoms with Crippen LogP contribution in [0.2, 0.25) is 0 Å². The van der Waals surface area contributed by atoms with E-state index in [0.717, 1.165) is 25.6 Å². The molecular formula is C17H34N2O2. The number of rotatable bonds is 4. The van der Waals surface area contributed by atoms with Gasteiger partial charge in [0.2, 0.25) is 0 Å². The van der Waals surface area contributed by atoms with E-state index in [2.05, 4.69) is 25.7 Å². The summed E-state index contributed by atoms with van der Waals surface area (Å²) < 4.78 is 11.2. The third-order valence-electron chi connectivity index (χ3n) is 5.80. The predicted octanol–water partition coefficient (Wildman–Crippen LogP) is 2.12. The van der Waals surface area contributed by atoms with E-state index in [-0.39, 0.29) is 12.2 Å². The standard InChI is InChI=1S/C17H34N2O2/c1-17(2,3)13-7-6-12(9-18)14(8-13)19-10-15(20-4)16(11-19)21-5/h12-16H,6-11,18H2,1-5H3. The maximum absolute atomic E-state index is 6.06. The summed E-state index contributed by atoms with van der Waals surface area (Å²) in [7, 11) is 3.58. The van der Waals surface area contributed by atoms with Gasteiger partial charge >= 0.3 is 0 Å². The molecule has 0 amide bonds. The Balaban J connectivity index is 2.07. The Kier molecular flexibility index (Phi) is 5.69. The van der Waals surface area contributed by atoms with Crippen LogP contribution in [0.3, 0.4) is 0 Å². The average molecular weight is 298 g/mol. The quantitative estimate of drug-likeness (QED) is 0.863. The largest absolute Gasteiger partial charge is 0.377 e. The van der Waals surface area contributed by atoms with Gasteiger partial charge in [0, 0.05) is 33.4 Å². The maximum atomic E-state index is 6.06. The van der Waals surface area contributed by atoms with Gasteiger partial charge in [0.15, 0.2) is 0 Å². The van der Waals surface area contributed by atoms with Crippen LogP contribution in [-0.2, 0) is 9.47 Å². The van der Waals surface area contributed by atoms with Crippen LogP contribution in [0.1, 0.15) is 40.0 Å². The Morgan fingerprint density at radius 2 is 1.62 bits per heavy atom. The molecule has 1 saturated carbocycles. The fraction of sp³-hybridized carbons (Fsp3) is 1.00. The van der Waals surface area contributed by atoms with Gasteiger partial charge in [0.05, 0.1) is 12.2 Å². The van der Waals surface area contributed by atoms with Crippen LogP contribution in [0, 0.1) is 17.3 Å². The molecular weight excluding hydrogens is 264 g/mol. The second-order valence-corrected chi connectivity index (χ2v) is 7.94. The fourth-order valence-corrected chi connectivity index (χ4v) is 4.21. The minimum Gasteiger partial charge on any atom is -0.377 e. The molecule has 0 aromatic heterocycles. The van der Waals surface area contributed by atoms with Crippen LogP contribution in [0.4, 0.5) is 0 Å². The van der Waals surface area contributed by atoms with Gasteiger partial charge in [-0.2, -0.15) is 0 Å². The first-order valence-corrected chi connectivity index (χ1v) is 8.40. The Morgan fingerprint density at radius 3 is 2.05 bits per heavy atom. The van der Waals surface area contributed by atoms with E-state index >= 15 is 0 Å². The molecule has 5 atom stereocenters. The highest BCUT2D eigenvalue weighted by Gasteiger charge is 2.43. The van der Waals surface area contributed by atoms with Crippen LogP contribution < -0.4 is 5.73 Å². The molecule has 2 rings (SSSR count). The van der Waals surface area contributed by atoms with Crippen LogP contribution in [0.25, 0.3) is 0 Å². The molecule has 0 spiro atoms. The fourth-order valence-electron chi connectivity index (χ4n) is 4.21. The molecule has 0 aromatic rings. The number of methoxy groups -OCH3 is 2. The summed E-state index contributed by atoms with van der Waals surface area (Å²) in [6.07, 6.45) is 4.23. The minimum absolute atomic E-state index is 0.198. The number of hydrogen-bond acceptors (Lipinski definition) is 4. The third-order valence-corrected chi connectivity index (χ3v) is 5.80. The molecule has 0 bridgehead atoms. The lowest BCUT2D eigenvalue weighted by molar-refractivity contribution is -0.00461. The highest BCUT2D eigenvalue weighted by atomic mass is 16.5. The summed E-state index contributed by atoms with van der Waals surface area (Å²) in [5, 5.41) is 0. The molecule has 2 N–H and O–H groups in total. The normalized spacial score (nSPS) is 38.9. The zero-order valence-electron chi connectivity index (χ0n) is 14.5. The van der Waals surface area contributed by atoms with Gasteiger partial charge in [-0.3, -0.25) is 4.90 Å². The molecule has 4 heteroatoms. The van der Waals surface area contributed by atoms with E-state index in [4.69, 9.17) is 15.2 Å². The smallest absolute Gasteiger partial charge is 0.0971 e.